The molecule has 2 aliphatic rings. The third-order valence-corrected chi connectivity index (χ3v) is 5.17. The zero-order valence-corrected chi connectivity index (χ0v) is 12.7. The van der Waals surface area contributed by atoms with Gasteiger partial charge in [-0.1, -0.05) is 0 Å². The maximum atomic E-state index is 12.1. The standard InChI is InChI=1S/C12H14BrN3O2S/c13-9-6-14-10(19-9)7-15-4-5-16(8-2-1-3-8)12(18)11(15)17/h6,8H,1-5,7H2. The van der Waals surface area contributed by atoms with Gasteiger partial charge in [-0.2, -0.15) is 0 Å². The molecule has 102 valence electrons. The van der Waals surface area contributed by atoms with Crippen molar-refractivity contribution in [3.63, 3.8) is 0 Å². The molecule has 2 fully saturated rings. The Morgan fingerprint density at radius 2 is 2.11 bits per heavy atom. The highest BCUT2D eigenvalue weighted by Gasteiger charge is 2.38. The predicted octanol–water partition coefficient (Wildman–Crippen LogP) is 1.63. The third-order valence-electron chi connectivity index (χ3n) is 3.71. The molecule has 2 heterocycles. The number of carbonyl (C=O) groups is 2. The Balaban J connectivity index is 1.65. The number of thiazole rings is 1. The zero-order chi connectivity index (χ0) is 13.4. The van der Waals surface area contributed by atoms with Crippen molar-refractivity contribution in [1.29, 1.82) is 0 Å². The number of piperazine rings is 1. The number of amides is 2. The second-order valence-corrected chi connectivity index (χ2v) is 7.36. The Labute approximate surface area is 123 Å². The van der Waals surface area contributed by atoms with Gasteiger partial charge in [-0.3, -0.25) is 9.59 Å². The van der Waals surface area contributed by atoms with Crippen molar-refractivity contribution in [2.75, 3.05) is 13.1 Å². The van der Waals surface area contributed by atoms with E-state index < -0.39 is 0 Å². The van der Waals surface area contributed by atoms with E-state index in [2.05, 4.69) is 20.9 Å². The van der Waals surface area contributed by atoms with Crippen LogP contribution in [0.15, 0.2) is 9.98 Å². The van der Waals surface area contributed by atoms with Gasteiger partial charge in [-0.05, 0) is 35.2 Å². The molecule has 2 amide bonds. The van der Waals surface area contributed by atoms with Crippen LogP contribution in [-0.2, 0) is 16.1 Å². The molecular weight excluding hydrogens is 330 g/mol. The summed E-state index contributed by atoms with van der Waals surface area (Å²) in [5, 5.41) is 0.852. The van der Waals surface area contributed by atoms with Crippen LogP contribution < -0.4 is 0 Å². The lowest BCUT2D eigenvalue weighted by atomic mass is 9.91. The minimum Gasteiger partial charge on any atom is -0.330 e. The van der Waals surface area contributed by atoms with Gasteiger partial charge in [0.2, 0.25) is 0 Å². The highest BCUT2D eigenvalue weighted by atomic mass is 79.9. The molecule has 0 bridgehead atoms. The molecule has 1 aliphatic heterocycles. The van der Waals surface area contributed by atoms with Crippen LogP contribution in [0.25, 0.3) is 0 Å². The molecule has 1 aromatic rings. The second-order valence-electron chi connectivity index (χ2n) is 4.87. The monoisotopic (exact) mass is 343 g/mol. The molecule has 0 N–H and O–H groups in total. The summed E-state index contributed by atoms with van der Waals surface area (Å²) in [6.07, 6.45) is 4.97. The van der Waals surface area contributed by atoms with E-state index in [4.69, 9.17) is 0 Å². The fraction of sp³-hybridized carbons (Fsp3) is 0.583. The molecule has 0 atom stereocenters. The van der Waals surface area contributed by atoms with Crippen LogP contribution in [0.2, 0.25) is 0 Å². The molecular formula is C12H14BrN3O2S. The summed E-state index contributed by atoms with van der Waals surface area (Å²) < 4.78 is 0.939. The van der Waals surface area contributed by atoms with E-state index in [-0.39, 0.29) is 11.8 Å². The van der Waals surface area contributed by atoms with Gasteiger partial charge in [0.05, 0.1) is 16.5 Å². The zero-order valence-electron chi connectivity index (χ0n) is 10.3. The van der Waals surface area contributed by atoms with Crippen molar-refractivity contribution >= 4 is 39.1 Å². The maximum Gasteiger partial charge on any atom is 0.312 e. The molecule has 0 spiro atoms. The van der Waals surface area contributed by atoms with E-state index in [9.17, 15) is 9.59 Å². The Hall–Kier alpha value is -0.950. The van der Waals surface area contributed by atoms with Crippen LogP contribution >= 0.6 is 27.3 Å². The van der Waals surface area contributed by atoms with Crippen LogP contribution in [0, 0.1) is 0 Å². The largest absolute Gasteiger partial charge is 0.330 e. The van der Waals surface area contributed by atoms with Gasteiger partial charge >= 0.3 is 11.8 Å². The fourth-order valence-corrected chi connectivity index (χ4v) is 3.73. The minimum atomic E-state index is -0.385. The lowest BCUT2D eigenvalue weighted by Gasteiger charge is -2.41. The molecule has 0 unspecified atom stereocenters. The Kier molecular flexibility index (Phi) is 3.58. The molecule has 5 nitrogen and oxygen atoms in total. The van der Waals surface area contributed by atoms with Crippen LogP contribution in [0.3, 0.4) is 0 Å². The lowest BCUT2D eigenvalue weighted by molar-refractivity contribution is -0.159. The second kappa shape index (κ2) is 5.20. The summed E-state index contributed by atoms with van der Waals surface area (Å²) in [6.45, 7) is 1.69. The Morgan fingerprint density at radius 3 is 2.68 bits per heavy atom. The molecule has 7 heteroatoms. The van der Waals surface area contributed by atoms with Crippen molar-refractivity contribution in [2.24, 2.45) is 0 Å². The first kappa shape index (κ1) is 13.1. The normalized spacial score (nSPS) is 20.9. The summed E-state index contributed by atoms with van der Waals surface area (Å²) in [4.78, 5) is 31.7. The van der Waals surface area contributed by atoms with Crippen molar-refractivity contribution in [1.82, 2.24) is 14.8 Å². The van der Waals surface area contributed by atoms with Gasteiger partial charge in [0.15, 0.2) is 0 Å². The van der Waals surface area contributed by atoms with Gasteiger partial charge in [0.1, 0.15) is 5.01 Å². The maximum absolute atomic E-state index is 12.1. The van der Waals surface area contributed by atoms with Crippen LogP contribution in [0.5, 0.6) is 0 Å². The van der Waals surface area contributed by atoms with Crippen molar-refractivity contribution in [3.8, 4) is 0 Å². The number of nitrogens with zero attached hydrogens (tertiary/aromatic N) is 3. The van der Waals surface area contributed by atoms with Crippen molar-refractivity contribution < 1.29 is 9.59 Å². The summed E-state index contributed by atoms with van der Waals surface area (Å²) >= 11 is 4.84. The van der Waals surface area contributed by atoms with E-state index in [1.165, 1.54) is 17.8 Å². The summed E-state index contributed by atoms with van der Waals surface area (Å²) in [6, 6.07) is 0.299. The summed E-state index contributed by atoms with van der Waals surface area (Å²) in [7, 11) is 0. The smallest absolute Gasteiger partial charge is 0.312 e. The topological polar surface area (TPSA) is 53.5 Å². The van der Waals surface area contributed by atoms with Crippen molar-refractivity contribution in [3.05, 3.63) is 15.0 Å². The quantitative estimate of drug-likeness (QED) is 0.784. The van der Waals surface area contributed by atoms with Gasteiger partial charge in [0.25, 0.3) is 0 Å². The number of aromatic nitrogens is 1. The average molecular weight is 344 g/mol. The minimum absolute atomic E-state index is 0.299. The van der Waals surface area contributed by atoms with E-state index in [0.29, 0.717) is 25.7 Å². The molecule has 1 aromatic heterocycles. The lowest BCUT2D eigenvalue weighted by Crippen LogP contribution is -2.58. The summed E-state index contributed by atoms with van der Waals surface area (Å²) in [5.74, 6) is -0.726. The predicted molar refractivity (Wildman–Crippen MR) is 74.6 cm³/mol. The molecule has 1 aliphatic carbocycles. The van der Waals surface area contributed by atoms with Crippen molar-refractivity contribution in [2.45, 2.75) is 31.8 Å². The number of halogens is 1. The highest BCUT2D eigenvalue weighted by Crippen LogP contribution is 2.27. The first-order chi connectivity index (χ1) is 9.15. The number of carbonyl (C=O) groups excluding carboxylic acids is 2. The Bertz CT molecular complexity index is 515. The molecule has 19 heavy (non-hydrogen) atoms. The Morgan fingerprint density at radius 1 is 1.32 bits per heavy atom. The number of rotatable bonds is 3. The van der Waals surface area contributed by atoms with Gasteiger partial charge < -0.3 is 9.80 Å². The van der Waals surface area contributed by atoms with E-state index >= 15 is 0 Å². The molecule has 1 saturated carbocycles. The van der Waals surface area contributed by atoms with Gasteiger partial charge in [-0.25, -0.2) is 4.98 Å². The number of hydrogen-bond donors (Lipinski definition) is 0. The fourth-order valence-electron chi connectivity index (χ4n) is 2.41. The number of hydrogen-bond acceptors (Lipinski definition) is 4. The molecule has 1 saturated heterocycles. The molecule has 0 radical (unpaired) electrons. The van der Waals surface area contributed by atoms with E-state index in [1.54, 1.807) is 16.0 Å². The van der Waals surface area contributed by atoms with Crippen LogP contribution in [0.4, 0.5) is 0 Å². The SMILES string of the molecule is O=C1C(=O)N(C2CCC2)CCN1Cc1ncc(Br)s1. The first-order valence-electron chi connectivity index (χ1n) is 6.35. The third kappa shape index (κ3) is 2.53. The highest BCUT2D eigenvalue weighted by molar-refractivity contribution is 9.11. The van der Waals surface area contributed by atoms with E-state index in [0.717, 1.165) is 21.6 Å². The van der Waals surface area contributed by atoms with Gasteiger partial charge in [-0.15, -0.1) is 11.3 Å². The average Bonchev–Trinajstić information content (AvgIpc) is 2.72. The molecule has 3 rings (SSSR count). The summed E-state index contributed by atoms with van der Waals surface area (Å²) in [5.41, 5.74) is 0. The van der Waals surface area contributed by atoms with E-state index in [1.807, 2.05) is 0 Å². The molecule has 0 aromatic carbocycles. The van der Waals surface area contributed by atoms with Gasteiger partial charge in [0, 0.05) is 19.1 Å². The first-order valence-corrected chi connectivity index (χ1v) is 7.96. The van der Waals surface area contributed by atoms with Crippen LogP contribution in [-0.4, -0.2) is 45.7 Å². The van der Waals surface area contributed by atoms with Crippen LogP contribution in [0.1, 0.15) is 24.3 Å².